The summed E-state index contributed by atoms with van der Waals surface area (Å²) >= 11 is 1.16. The SMILES string of the molecule is CN(C)CCNC(=O)NCc1ccc(C(=O)O)s1. The lowest BCUT2D eigenvalue weighted by molar-refractivity contribution is 0.0702. The molecule has 0 saturated heterocycles. The Kier molecular flexibility index (Phi) is 5.60. The molecule has 1 aromatic heterocycles. The third-order valence-electron chi connectivity index (χ3n) is 2.14. The first-order chi connectivity index (χ1) is 8.49. The van der Waals surface area contributed by atoms with Crippen molar-refractivity contribution in [2.75, 3.05) is 27.2 Å². The summed E-state index contributed by atoms with van der Waals surface area (Å²) in [5.41, 5.74) is 0. The highest BCUT2D eigenvalue weighted by Crippen LogP contribution is 2.15. The van der Waals surface area contributed by atoms with Crippen LogP contribution in [0.1, 0.15) is 14.5 Å². The normalized spacial score (nSPS) is 10.4. The highest BCUT2D eigenvalue weighted by atomic mass is 32.1. The monoisotopic (exact) mass is 271 g/mol. The molecule has 1 heterocycles. The number of amides is 2. The van der Waals surface area contributed by atoms with Crippen LogP contribution in [0.3, 0.4) is 0 Å². The summed E-state index contributed by atoms with van der Waals surface area (Å²) in [6, 6.07) is 2.99. The number of carboxylic acid groups (broad SMARTS) is 1. The van der Waals surface area contributed by atoms with Gasteiger partial charge in [0.15, 0.2) is 0 Å². The highest BCUT2D eigenvalue weighted by Gasteiger charge is 2.07. The second-order valence-electron chi connectivity index (χ2n) is 3.98. The molecule has 1 rings (SSSR count). The molecule has 0 spiro atoms. The molecule has 1 aromatic rings. The smallest absolute Gasteiger partial charge is 0.345 e. The van der Waals surface area contributed by atoms with Gasteiger partial charge >= 0.3 is 12.0 Å². The number of carbonyl (C=O) groups is 2. The largest absolute Gasteiger partial charge is 0.477 e. The number of nitrogens with one attached hydrogen (secondary N) is 2. The summed E-state index contributed by atoms with van der Waals surface area (Å²) in [6.07, 6.45) is 0. The molecule has 0 aliphatic heterocycles. The molecule has 0 aromatic carbocycles. The van der Waals surface area contributed by atoms with E-state index in [-0.39, 0.29) is 10.9 Å². The van der Waals surface area contributed by atoms with Crippen LogP contribution in [-0.2, 0) is 6.54 Å². The van der Waals surface area contributed by atoms with Crippen molar-refractivity contribution >= 4 is 23.3 Å². The van der Waals surface area contributed by atoms with E-state index >= 15 is 0 Å². The molecule has 0 bridgehead atoms. The van der Waals surface area contributed by atoms with Gasteiger partial charge < -0.3 is 20.6 Å². The van der Waals surface area contributed by atoms with E-state index in [1.54, 1.807) is 6.07 Å². The van der Waals surface area contributed by atoms with Crippen molar-refractivity contribution in [2.24, 2.45) is 0 Å². The van der Waals surface area contributed by atoms with Crippen LogP contribution in [0.5, 0.6) is 0 Å². The lowest BCUT2D eigenvalue weighted by Crippen LogP contribution is -2.38. The van der Waals surface area contributed by atoms with Crippen LogP contribution in [0, 0.1) is 0 Å². The van der Waals surface area contributed by atoms with Crippen molar-refractivity contribution in [3.8, 4) is 0 Å². The van der Waals surface area contributed by atoms with Crippen LogP contribution < -0.4 is 10.6 Å². The van der Waals surface area contributed by atoms with E-state index in [4.69, 9.17) is 5.11 Å². The van der Waals surface area contributed by atoms with Crippen molar-refractivity contribution in [1.82, 2.24) is 15.5 Å². The molecular formula is C11H17N3O3S. The molecule has 0 aliphatic rings. The quantitative estimate of drug-likeness (QED) is 0.715. The van der Waals surface area contributed by atoms with Gasteiger partial charge in [-0.25, -0.2) is 9.59 Å². The first-order valence-electron chi connectivity index (χ1n) is 5.47. The second kappa shape index (κ2) is 6.97. The topological polar surface area (TPSA) is 81.7 Å². The lowest BCUT2D eigenvalue weighted by Gasteiger charge is -2.10. The van der Waals surface area contributed by atoms with Gasteiger partial charge in [-0.2, -0.15) is 0 Å². The van der Waals surface area contributed by atoms with E-state index in [1.807, 2.05) is 19.0 Å². The zero-order valence-corrected chi connectivity index (χ0v) is 11.2. The van der Waals surface area contributed by atoms with Crippen LogP contribution in [0.25, 0.3) is 0 Å². The van der Waals surface area contributed by atoms with Gasteiger partial charge in [-0.1, -0.05) is 0 Å². The van der Waals surface area contributed by atoms with Gasteiger partial charge in [0.05, 0.1) is 6.54 Å². The average molecular weight is 271 g/mol. The average Bonchev–Trinajstić information content (AvgIpc) is 2.74. The fraction of sp³-hybridized carbons (Fsp3) is 0.455. The lowest BCUT2D eigenvalue weighted by atomic mass is 10.4. The molecule has 0 aliphatic carbocycles. The van der Waals surface area contributed by atoms with Crippen molar-refractivity contribution in [3.63, 3.8) is 0 Å². The number of nitrogens with zero attached hydrogens (tertiary/aromatic N) is 1. The third kappa shape index (κ3) is 5.15. The van der Waals surface area contributed by atoms with E-state index < -0.39 is 5.97 Å². The Morgan fingerprint density at radius 1 is 1.33 bits per heavy atom. The van der Waals surface area contributed by atoms with Gasteiger partial charge in [0.1, 0.15) is 4.88 Å². The fourth-order valence-corrected chi connectivity index (χ4v) is 2.00. The van der Waals surface area contributed by atoms with Gasteiger partial charge in [0.2, 0.25) is 0 Å². The maximum absolute atomic E-state index is 11.4. The number of likely N-dealkylation sites (N-methyl/N-ethyl adjacent to an activating group) is 1. The fourth-order valence-electron chi connectivity index (χ4n) is 1.21. The van der Waals surface area contributed by atoms with Crippen molar-refractivity contribution in [2.45, 2.75) is 6.54 Å². The molecule has 0 radical (unpaired) electrons. The molecule has 18 heavy (non-hydrogen) atoms. The van der Waals surface area contributed by atoms with Crippen LogP contribution >= 0.6 is 11.3 Å². The van der Waals surface area contributed by atoms with Crippen molar-refractivity contribution in [1.29, 1.82) is 0 Å². The molecule has 0 fully saturated rings. The maximum atomic E-state index is 11.4. The van der Waals surface area contributed by atoms with Gasteiger partial charge in [-0.3, -0.25) is 0 Å². The first-order valence-corrected chi connectivity index (χ1v) is 6.29. The maximum Gasteiger partial charge on any atom is 0.345 e. The summed E-state index contributed by atoms with van der Waals surface area (Å²) in [6.45, 7) is 1.69. The Morgan fingerprint density at radius 2 is 2.06 bits per heavy atom. The Balaban J connectivity index is 2.27. The molecule has 0 atom stereocenters. The van der Waals surface area contributed by atoms with E-state index in [9.17, 15) is 9.59 Å². The van der Waals surface area contributed by atoms with Crippen molar-refractivity contribution in [3.05, 3.63) is 21.9 Å². The summed E-state index contributed by atoms with van der Waals surface area (Å²) in [4.78, 5) is 25.1. The molecule has 100 valence electrons. The van der Waals surface area contributed by atoms with Gasteiger partial charge in [-0.05, 0) is 26.2 Å². The van der Waals surface area contributed by atoms with E-state index in [2.05, 4.69) is 10.6 Å². The Bertz CT molecular complexity index is 417. The third-order valence-corrected chi connectivity index (χ3v) is 3.21. The minimum atomic E-state index is -0.943. The standard InChI is InChI=1S/C11H17N3O3S/c1-14(2)6-5-12-11(17)13-7-8-3-4-9(18-8)10(15)16/h3-4H,5-7H2,1-2H3,(H,15,16)(H2,12,13,17). The first kappa shape index (κ1) is 14.5. The summed E-state index contributed by atoms with van der Waals surface area (Å²) in [5.74, 6) is -0.943. The van der Waals surface area contributed by atoms with Crippen LogP contribution in [-0.4, -0.2) is 49.2 Å². The van der Waals surface area contributed by atoms with Crippen LogP contribution in [0.2, 0.25) is 0 Å². The van der Waals surface area contributed by atoms with Crippen LogP contribution in [0.15, 0.2) is 12.1 Å². The number of carbonyl (C=O) groups excluding carboxylic acids is 1. The molecule has 0 unspecified atom stereocenters. The number of hydrogen-bond donors (Lipinski definition) is 3. The summed E-state index contributed by atoms with van der Waals surface area (Å²) < 4.78 is 0. The van der Waals surface area contributed by atoms with Gasteiger partial charge in [0, 0.05) is 18.0 Å². The minimum absolute atomic E-state index is 0.248. The Hall–Kier alpha value is -1.60. The zero-order valence-electron chi connectivity index (χ0n) is 10.4. The predicted octanol–water partition coefficient (Wildman–Crippen LogP) is 0.807. The number of thiophene rings is 1. The predicted molar refractivity (Wildman–Crippen MR) is 70.1 cm³/mol. The van der Waals surface area contributed by atoms with Crippen molar-refractivity contribution < 1.29 is 14.7 Å². The molecule has 7 heteroatoms. The number of hydrogen-bond acceptors (Lipinski definition) is 4. The number of urea groups is 1. The number of rotatable bonds is 6. The zero-order chi connectivity index (χ0) is 13.5. The van der Waals surface area contributed by atoms with E-state index in [1.165, 1.54) is 6.07 Å². The summed E-state index contributed by atoms with van der Waals surface area (Å²) in [5, 5.41) is 14.1. The number of carboxylic acids is 1. The van der Waals surface area contributed by atoms with E-state index in [0.29, 0.717) is 13.1 Å². The summed E-state index contributed by atoms with van der Waals surface area (Å²) in [7, 11) is 3.86. The van der Waals surface area contributed by atoms with Gasteiger partial charge in [0.25, 0.3) is 0 Å². The van der Waals surface area contributed by atoms with Gasteiger partial charge in [-0.15, -0.1) is 11.3 Å². The molecule has 6 nitrogen and oxygen atoms in total. The Morgan fingerprint density at radius 3 is 2.61 bits per heavy atom. The minimum Gasteiger partial charge on any atom is -0.477 e. The molecule has 3 N–H and O–H groups in total. The molecular weight excluding hydrogens is 254 g/mol. The van der Waals surface area contributed by atoms with E-state index in [0.717, 1.165) is 22.8 Å². The second-order valence-corrected chi connectivity index (χ2v) is 5.15. The highest BCUT2D eigenvalue weighted by molar-refractivity contribution is 7.13. The molecule has 0 saturated carbocycles. The molecule has 2 amide bonds. The Labute approximate surface area is 110 Å². The van der Waals surface area contributed by atoms with Crippen LogP contribution in [0.4, 0.5) is 4.79 Å². The number of aromatic carboxylic acids is 1.